The molecule has 92 valence electrons. The lowest BCUT2D eigenvalue weighted by Crippen LogP contribution is -2.47. The summed E-state index contributed by atoms with van der Waals surface area (Å²) in [7, 11) is 0. The maximum Gasteiger partial charge on any atom is 0.226 e. The molecule has 5 heteroatoms. The molecule has 1 aliphatic heterocycles. The van der Waals surface area contributed by atoms with E-state index in [4.69, 9.17) is 22.7 Å². The zero-order valence-electron chi connectivity index (χ0n) is 9.70. The molecule has 16 heavy (non-hydrogen) atoms. The van der Waals surface area contributed by atoms with E-state index in [-0.39, 0.29) is 17.9 Å². The van der Waals surface area contributed by atoms with Crippen molar-refractivity contribution in [1.29, 1.82) is 0 Å². The Balaban J connectivity index is 2.43. The molecule has 0 radical (unpaired) electrons. The molecule has 1 rings (SSSR count). The summed E-state index contributed by atoms with van der Waals surface area (Å²) in [5.41, 5.74) is 5.59. The number of ether oxygens (including phenoxy) is 1. The van der Waals surface area contributed by atoms with Crippen LogP contribution in [-0.2, 0) is 9.53 Å². The van der Waals surface area contributed by atoms with E-state index >= 15 is 0 Å². The van der Waals surface area contributed by atoms with Crippen LogP contribution in [0.2, 0.25) is 0 Å². The molecule has 0 bridgehead atoms. The third-order valence-electron chi connectivity index (χ3n) is 2.77. The molecule has 1 amide bonds. The Kier molecular flexibility index (Phi) is 5.69. The van der Waals surface area contributed by atoms with Crippen molar-refractivity contribution in [3.63, 3.8) is 0 Å². The number of nitrogens with one attached hydrogen (secondary N) is 1. The molecule has 1 aliphatic rings. The highest BCUT2D eigenvalue weighted by Gasteiger charge is 2.24. The molecule has 1 saturated heterocycles. The van der Waals surface area contributed by atoms with E-state index in [0.29, 0.717) is 11.6 Å². The van der Waals surface area contributed by atoms with Crippen LogP contribution in [0.4, 0.5) is 0 Å². The molecule has 4 nitrogen and oxygen atoms in total. The molecule has 0 aromatic heterocycles. The fourth-order valence-corrected chi connectivity index (χ4v) is 1.99. The highest BCUT2D eigenvalue weighted by atomic mass is 32.1. The monoisotopic (exact) mass is 244 g/mol. The number of amides is 1. The SMILES string of the molecule is CCCC(NC(=O)C1CCCOC1)C(N)=S. The van der Waals surface area contributed by atoms with Crippen LogP contribution < -0.4 is 11.1 Å². The minimum atomic E-state index is -0.172. The number of thiocarbonyl (C=S) groups is 1. The van der Waals surface area contributed by atoms with E-state index < -0.39 is 0 Å². The van der Waals surface area contributed by atoms with Gasteiger partial charge in [-0.3, -0.25) is 4.79 Å². The van der Waals surface area contributed by atoms with Gasteiger partial charge >= 0.3 is 0 Å². The summed E-state index contributed by atoms with van der Waals surface area (Å²) in [4.78, 5) is 12.2. The molecule has 1 heterocycles. The second kappa shape index (κ2) is 6.81. The van der Waals surface area contributed by atoms with Crippen molar-refractivity contribution in [2.75, 3.05) is 13.2 Å². The third kappa shape index (κ3) is 4.06. The van der Waals surface area contributed by atoms with Gasteiger partial charge in [0, 0.05) is 6.61 Å². The van der Waals surface area contributed by atoms with Gasteiger partial charge in [-0.2, -0.15) is 0 Å². The minimum absolute atomic E-state index is 0.0194. The van der Waals surface area contributed by atoms with Crippen molar-refractivity contribution in [3.05, 3.63) is 0 Å². The van der Waals surface area contributed by atoms with Crippen LogP contribution in [-0.4, -0.2) is 30.2 Å². The molecule has 3 N–H and O–H groups in total. The van der Waals surface area contributed by atoms with Crippen molar-refractivity contribution in [2.45, 2.75) is 38.6 Å². The molecule has 0 spiro atoms. The van der Waals surface area contributed by atoms with Crippen molar-refractivity contribution >= 4 is 23.1 Å². The molecular weight excluding hydrogens is 224 g/mol. The Labute approximate surface area is 102 Å². The van der Waals surface area contributed by atoms with Crippen molar-refractivity contribution in [1.82, 2.24) is 5.32 Å². The summed E-state index contributed by atoms with van der Waals surface area (Å²) >= 11 is 4.93. The summed E-state index contributed by atoms with van der Waals surface area (Å²) in [6.07, 6.45) is 3.59. The zero-order chi connectivity index (χ0) is 12.0. The summed E-state index contributed by atoms with van der Waals surface area (Å²) in [6.45, 7) is 3.32. The Bertz CT molecular complexity index is 252. The molecular formula is C11H20N2O2S. The van der Waals surface area contributed by atoms with Gasteiger partial charge < -0.3 is 15.8 Å². The topological polar surface area (TPSA) is 64.3 Å². The highest BCUT2D eigenvalue weighted by molar-refractivity contribution is 7.80. The van der Waals surface area contributed by atoms with E-state index in [2.05, 4.69) is 5.32 Å². The number of carbonyl (C=O) groups excluding carboxylic acids is 1. The van der Waals surface area contributed by atoms with Gasteiger partial charge in [0.25, 0.3) is 0 Å². The first kappa shape index (κ1) is 13.4. The molecule has 1 fully saturated rings. The molecule has 0 aliphatic carbocycles. The normalized spacial score (nSPS) is 22.4. The van der Waals surface area contributed by atoms with Gasteiger partial charge in [-0.25, -0.2) is 0 Å². The van der Waals surface area contributed by atoms with E-state index in [1.54, 1.807) is 0 Å². The quantitative estimate of drug-likeness (QED) is 0.708. The Hall–Kier alpha value is -0.680. The zero-order valence-corrected chi connectivity index (χ0v) is 10.5. The first-order chi connectivity index (χ1) is 7.65. The Morgan fingerprint density at radius 1 is 1.69 bits per heavy atom. The van der Waals surface area contributed by atoms with Crippen LogP contribution in [0.3, 0.4) is 0 Å². The van der Waals surface area contributed by atoms with Crippen molar-refractivity contribution in [3.8, 4) is 0 Å². The maximum atomic E-state index is 11.9. The van der Waals surface area contributed by atoms with Crippen LogP contribution in [0.1, 0.15) is 32.6 Å². The van der Waals surface area contributed by atoms with Crippen LogP contribution in [0.25, 0.3) is 0 Å². The summed E-state index contributed by atoms with van der Waals surface area (Å²) in [5, 5.41) is 2.90. The lowest BCUT2D eigenvalue weighted by atomic mass is 10.0. The Morgan fingerprint density at radius 3 is 2.94 bits per heavy atom. The van der Waals surface area contributed by atoms with E-state index in [0.717, 1.165) is 32.3 Å². The van der Waals surface area contributed by atoms with E-state index in [9.17, 15) is 4.79 Å². The van der Waals surface area contributed by atoms with Gasteiger partial charge in [-0.1, -0.05) is 25.6 Å². The summed E-state index contributed by atoms with van der Waals surface area (Å²) in [6, 6.07) is -0.172. The predicted molar refractivity (Wildman–Crippen MR) is 67.2 cm³/mol. The van der Waals surface area contributed by atoms with Crippen LogP contribution in [0.15, 0.2) is 0 Å². The van der Waals surface area contributed by atoms with Gasteiger partial charge in [0.05, 0.1) is 23.6 Å². The number of nitrogens with two attached hydrogens (primary N) is 1. The van der Waals surface area contributed by atoms with Gasteiger partial charge in [0.15, 0.2) is 0 Å². The highest BCUT2D eigenvalue weighted by Crippen LogP contribution is 2.14. The number of hydrogen-bond acceptors (Lipinski definition) is 3. The first-order valence-electron chi connectivity index (χ1n) is 5.82. The predicted octanol–water partition coefficient (Wildman–Crippen LogP) is 0.984. The third-order valence-corrected chi connectivity index (χ3v) is 3.05. The average Bonchev–Trinajstić information content (AvgIpc) is 2.29. The van der Waals surface area contributed by atoms with Crippen LogP contribution in [0, 0.1) is 5.92 Å². The molecule has 0 saturated carbocycles. The fourth-order valence-electron chi connectivity index (χ4n) is 1.81. The molecule has 2 atom stereocenters. The van der Waals surface area contributed by atoms with Crippen molar-refractivity contribution in [2.24, 2.45) is 11.7 Å². The minimum Gasteiger partial charge on any atom is -0.392 e. The first-order valence-corrected chi connectivity index (χ1v) is 6.23. The van der Waals surface area contributed by atoms with Crippen molar-refractivity contribution < 1.29 is 9.53 Å². The van der Waals surface area contributed by atoms with Gasteiger partial charge in [0.2, 0.25) is 5.91 Å². The standard InChI is InChI=1S/C11H20N2O2S/c1-2-4-9(10(12)16)13-11(14)8-5-3-6-15-7-8/h8-9H,2-7H2,1H3,(H2,12,16)(H,13,14). The Morgan fingerprint density at radius 2 is 2.44 bits per heavy atom. The smallest absolute Gasteiger partial charge is 0.226 e. The largest absolute Gasteiger partial charge is 0.392 e. The number of rotatable bonds is 5. The fraction of sp³-hybridized carbons (Fsp3) is 0.818. The molecule has 0 aromatic rings. The number of carbonyl (C=O) groups is 1. The van der Waals surface area contributed by atoms with Gasteiger partial charge in [0.1, 0.15) is 0 Å². The summed E-state index contributed by atoms with van der Waals surface area (Å²) < 4.78 is 5.28. The van der Waals surface area contributed by atoms with Crippen LogP contribution in [0.5, 0.6) is 0 Å². The second-order valence-corrected chi connectivity index (χ2v) is 4.64. The lowest BCUT2D eigenvalue weighted by Gasteiger charge is -2.24. The van der Waals surface area contributed by atoms with Gasteiger partial charge in [-0.05, 0) is 19.3 Å². The lowest BCUT2D eigenvalue weighted by molar-refractivity contribution is -0.129. The summed E-state index contributed by atoms with van der Waals surface area (Å²) in [5.74, 6) is -0.0200. The number of hydrogen-bond donors (Lipinski definition) is 2. The molecule has 0 aromatic carbocycles. The van der Waals surface area contributed by atoms with E-state index in [1.165, 1.54) is 0 Å². The average molecular weight is 244 g/mol. The second-order valence-electron chi connectivity index (χ2n) is 4.17. The van der Waals surface area contributed by atoms with Crippen LogP contribution >= 0.6 is 12.2 Å². The molecule has 2 unspecified atom stereocenters. The van der Waals surface area contributed by atoms with Gasteiger partial charge in [-0.15, -0.1) is 0 Å². The maximum absolute atomic E-state index is 11.9. The van der Waals surface area contributed by atoms with E-state index in [1.807, 2.05) is 6.92 Å².